The Labute approximate surface area is 164 Å². The monoisotopic (exact) mass is 387 g/mol. The van der Waals surface area contributed by atoms with Gasteiger partial charge in [-0.2, -0.15) is 5.26 Å². The first-order valence-corrected chi connectivity index (χ1v) is 9.42. The molecule has 0 aliphatic carbocycles. The molecule has 8 nitrogen and oxygen atoms in total. The Balaban J connectivity index is 1.67. The van der Waals surface area contributed by atoms with Crippen molar-refractivity contribution in [3.8, 4) is 11.8 Å². The summed E-state index contributed by atoms with van der Waals surface area (Å²) in [6.45, 7) is 4.24. The Kier molecular flexibility index (Phi) is 8.28. The summed E-state index contributed by atoms with van der Waals surface area (Å²) in [5.41, 5.74) is 0.566. The predicted molar refractivity (Wildman–Crippen MR) is 100 cm³/mol. The van der Waals surface area contributed by atoms with Crippen molar-refractivity contribution in [2.75, 3.05) is 39.4 Å². The second kappa shape index (κ2) is 10.9. The third-order valence-electron chi connectivity index (χ3n) is 4.34. The number of carbonyl (C=O) groups is 3. The largest absolute Gasteiger partial charge is 0.494 e. The van der Waals surface area contributed by atoms with Crippen LogP contribution in [0.4, 0.5) is 0 Å². The number of hydrogen-bond acceptors (Lipinski definition) is 6. The number of ether oxygens (including phenoxy) is 2. The number of hydrogen-bond donors (Lipinski definition) is 0. The predicted octanol–water partition coefficient (Wildman–Crippen LogP) is 1.34. The maximum Gasteiger partial charge on any atom is 0.312 e. The molecule has 2 rings (SSSR count). The average molecular weight is 387 g/mol. The van der Waals surface area contributed by atoms with Crippen molar-refractivity contribution >= 4 is 17.8 Å². The van der Waals surface area contributed by atoms with Crippen LogP contribution < -0.4 is 4.74 Å². The molecule has 1 heterocycles. The van der Waals surface area contributed by atoms with Crippen LogP contribution in [0.15, 0.2) is 24.3 Å². The molecule has 1 saturated heterocycles. The van der Waals surface area contributed by atoms with E-state index in [4.69, 9.17) is 14.7 Å². The number of piperazine rings is 1. The van der Waals surface area contributed by atoms with Gasteiger partial charge in [0.15, 0.2) is 0 Å². The van der Waals surface area contributed by atoms with E-state index < -0.39 is 11.8 Å². The zero-order valence-electron chi connectivity index (χ0n) is 16.1. The number of amides is 2. The molecule has 1 fully saturated rings. The average Bonchev–Trinajstić information content (AvgIpc) is 2.70. The minimum Gasteiger partial charge on any atom is -0.494 e. The lowest BCUT2D eigenvalue weighted by Crippen LogP contribution is -2.54. The van der Waals surface area contributed by atoms with Crippen LogP contribution in [0.25, 0.3) is 0 Å². The lowest BCUT2D eigenvalue weighted by atomic mass is 10.2. The van der Waals surface area contributed by atoms with Gasteiger partial charge in [-0.05, 0) is 44.0 Å². The van der Waals surface area contributed by atoms with Gasteiger partial charge in [0.1, 0.15) is 5.75 Å². The molecule has 0 atom stereocenters. The van der Waals surface area contributed by atoms with E-state index >= 15 is 0 Å². The molecule has 0 aromatic heterocycles. The van der Waals surface area contributed by atoms with Crippen molar-refractivity contribution < 1.29 is 23.9 Å². The van der Waals surface area contributed by atoms with Crippen LogP contribution in [0, 0.1) is 11.3 Å². The Morgan fingerprint density at radius 2 is 1.68 bits per heavy atom. The number of nitrogens with zero attached hydrogens (tertiary/aromatic N) is 3. The van der Waals surface area contributed by atoms with Gasteiger partial charge < -0.3 is 19.3 Å². The smallest absolute Gasteiger partial charge is 0.312 e. The molecule has 0 N–H and O–H groups in total. The Morgan fingerprint density at radius 3 is 2.25 bits per heavy atom. The fourth-order valence-corrected chi connectivity index (χ4v) is 2.86. The summed E-state index contributed by atoms with van der Waals surface area (Å²) in [7, 11) is 0. The number of benzene rings is 1. The number of rotatable bonds is 10. The van der Waals surface area contributed by atoms with Crippen molar-refractivity contribution in [2.45, 2.75) is 26.2 Å². The molecule has 1 aromatic rings. The van der Waals surface area contributed by atoms with Crippen molar-refractivity contribution in [3.63, 3.8) is 0 Å². The van der Waals surface area contributed by atoms with Gasteiger partial charge in [0.05, 0.1) is 24.8 Å². The van der Waals surface area contributed by atoms with Crippen molar-refractivity contribution in [3.05, 3.63) is 29.8 Å². The van der Waals surface area contributed by atoms with E-state index in [2.05, 4.69) is 0 Å². The maximum absolute atomic E-state index is 12.2. The number of esters is 1. The topological polar surface area (TPSA) is 99.9 Å². The molecule has 0 saturated carbocycles. The lowest BCUT2D eigenvalue weighted by molar-refractivity contribution is -0.156. The zero-order valence-corrected chi connectivity index (χ0v) is 16.1. The van der Waals surface area contributed by atoms with E-state index in [0.717, 1.165) is 0 Å². The summed E-state index contributed by atoms with van der Waals surface area (Å²) < 4.78 is 10.4. The highest BCUT2D eigenvalue weighted by Crippen LogP contribution is 2.12. The molecule has 0 bridgehead atoms. The molecule has 1 aliphatic rings. The number of carbonyl (C=O) groups excluding carboxylic acids is 3. The highest BCUT2D eigenvalue weighted by atomic mass is 16.5. The first kappa shape index (κ1) is 21.2. The summed E-state index contributed by atoms with van der Waals surface area (Å²) in [6, 6.07) is 8.85. The minimum absolute atomic E-state index is 0.238. The minimum atomic E-state index is -0.525. The normalized spacial score (nSPS) is 14.0. The van der Waals surface area contributed by atoms with Gasteiger partial charge in [0.25, 0.3) is 0 Å². The third kappa shape index (κ3) is 6.27. The van der Waals surface area contributed by atoms with E-state index in [1.165, 1.54) is 9.80 Å². The Morgan fingerprint density at radius 1 is 1.07 bits per heavy atom. The molecule has 150 valence electrons. The molecule has 2 amide bonds. The van der Waals surface area contributed by atoms with Crippen molar-refractivity contribution in [2.24, 2.45) is 0 Å². The second-order valence-electron chi connectivity index (χ2n) is 6.33. The quantitative estimate of drug-likeness (QED) is 0.341. The zero-order chi connectivity index (χ0) is 20.4. The molecular formula is C20H25N3O5. The summed E-state index contributed by atoms with van der Waals surface area (Å²) >= 11 is 0. The maximum atomic E-state index is 12.2. The molecule has 1 aliphatic heterocycles. The van der Waals surface area contributed by atoms with Gasteiger partial charge in [0.2, 0.25) is 0 Å². The first-order valence-electron chi connectivity index (χ1n) is 9.42. The van der Waals surface area contributed by atoms with E-state index in [9.17, 15) is 14.4 Å². The van der Waals surface area contributed by atoms with E-state index in [1.54, 1.807) is 31.2 Å². The third-order valence-corrected chi connectivity index (χ3v) is 4.34. The molecule has 0 unspecified atom stereocenters. The van der Waals surface area contributed by atoms with Gasteiger partial charge >= 0.3 is 17.8 Å². The SMILES string of the molecule is CCOC(=O)CCCN1CCN(CCCOc2ccc(C#N)cc2)C(=O)C1=O. The fraction of sp³-hybridized carbons (Fsp3) is 0.500. The molecule has 0 spiro atoms. The Hall–Kier alpha value is -3.08. The highest BCUT2D eigenvalue weighted by Gasteiger charge is 2.31. The van der Waals surface area contributed by atoms with Gasteiger partial charge in [0, 0.05) is 32.6 Å². The van der Waals surface area contributed by atoms with Crippen molar-refractivity contribution in [1.29, 1.82) is 5.26 Å². The van der Waals surface area contributed by atoms with Gasteiger partial charge in [-0.3, -0.25) is 14.4 Å². The first-order chi connectivity index (χ1) is 13.5. The number of nitriles is 1. The fourth-order valence-electron chi connectivity index (χ4n) is 2.86. The molecule has 0 radical (unpaired) electrons. The highest BCUT2D eigenvalue weighted by molar-refractivity contribution is 6.35. The van der Waals surface area contributed by atoms with E-state index in [0.29, 0.717) is 63.5 Å². The van der Waals surface area contributed by atoms with E-state index in [1.807, 2.05) is 6.07 Å². The van der Waals surface area contributed by atoms with E-state index in [-0.39, 0.29) is 12.4 Å². The van der Waals surface area contributed by atoms with Gasteiger partial charge in [-0.1, -0.05) is 0 Å². The lowest BCUT2D eigenvalue weighted by Gasteiger charge is -2.33. The van der Waals surface area contributed by atoms with Crippen molar-refractivity contribution in [1.82, 2.24) is 9.80 Å². The second-order valence-corrected chi connectivity index (χ2v) is 6.33. The van der Waals surface area contributed by atoms with Crippen LogP contribution in [-0.2, 0) is 19.1 Å². The molecule has 1 aromatic carbocycles. The van der Waals surface area contributed by atoms with Gasteiger partial charge in [-0.25, -0.2) is 0 Å². The van der Waals surface area contributed by atoms with Crippen LogP contribution in [0.1, 0.15) is 31.7 Å². The van der Waals surface area contributed by atoms with Crippen LogP contribution in [0.3, 0.4) is 0 Å². The summed E-state index contributed by atoms with van der Waals surface area (Å²) in [5.74, 6) is -0.668. The standard InChI is InChI=1S/C20H25N3O5/c1-2-27-18(24)5-3-10-22-12-13-23(20(26)19(22)25)11-4-14-28-17-8-6-16(15-21)7-9-17/h6-9H,2-5,10-14H2,1H3. The summed E-state index contributed by atoms with van der Waals surface area (Å²) in [5, 5.41) is 8.77. The molecule has 8 heteroatoms. The molecule has 28 heavy (non-hydrogen) atoms. The molecular weight excluding hydrogens is 362 g/mol. The summed E-state index contributed by atoms with van der Waals surface area (Å²) in [4.78, 5) is 38.8. The van der Waals surface area contributed by atoms with Crippen LogP contribution >= 0.6 is 0 Å². The summed E-state index contributed by atoms with van der Waals surface area (Å²) in [6.07, 6.45) is 1.32. The van der Waals surface area contributed by atoms with Crippen LogP contribution in [-0.4, -0.2) is 67.0 Å². The van der Waals surface area contributed by atoms with Crippen LogP contribution in [0.2, 0.25) is 0 Å². The van der Waals surface area contributed by atoms with Gasteiger partial charge in [-0.15, -0.1) is 0 Å². The van der Waals surface area contributed by atoms with Crippen LogP contribution in [0.5, 0.6) is 5.75 Å². The Bertz CT molecular complexity index is 726.